The summed E-state index contributed by atoms with van der Waals surface area (Å²) in [7, 11) is 0. The average Bonchev–Trinajstić information content (AvgIpc) is 2.36. The summed E-state index contributed by atoms with van der Waals surface area (Å²) in [5.41, 5.74) is -0.136. The fourth-order valence-corrected chi connectivity index (χ4v) is 1.87. The first-order chi connectivity index (χ1) is 5.55. The van der Waals surface area contributed by atoms with Gasteiger partial charge in [-0.1, -0.05) is 19.3 Å². The lowest BCUT2D eigenvalue weighted by Gasteiger charge is -2.27. The monoisotopic (exact) mass is 165 g/mol. The Labute approximate surface area is 75.9 Å². The van der Waals surface area contributed by atoms with Gasteiger partial charge in [-0.25, -0.2) is 0 Å². The Morgan fingerprint density at radius 2 is 2.08 bits per heavy atom. The summed E-state index contributed by atoms with van der Waals surface area (Å²) in [5, 5.41) is 3.52. The molecule has 0 aliphatic heterocycles. The zero-order chi connectivity index (χ0) is 9.19. The molecule has 1 aliphatic carbocycles. The molecule has 2 unspecified atom stereocenters. The molecule has 0 heterocycles. The topological polar surface area (TPSA) is 12.0 Å². The van der Waals surface area contributed by atoms with Crippen LogP contribution in [-0.4, -0.2) is 11.6 Å². The van der Waals surface area contributed by atoms with Crippen molar-refractivity contribution in [1.82, 2.24) is 5.32 Å². The van der Waals surface area contributed by atoms with Gasteiger partial charge in [-0.3, -0.25) is 5.32 Å². The SMILES string of the molecule is C#CC(C)(C)NC1CCCC1C. The smallest absolute Gasteiger partial charge is 0.0743 e. The van der Waals surface area contributed by atoms with Crippen LogP contribution in [0.2, 0.25) is 0 Å². The first-order valence-electron chi connectivity index (χ1n) is 4.80. The zero-order valence-electron chi connectivity index (χ0n) is 8.35. The van der Waals surface area contributed by atoms with Gasteiger partial charge in [-0.2, -0.15) is 0 Å². The quantitative estimate of drug-likeness (QED) is 0.618. The fraction of sp³-hybridized carbons (Fsp3) is 0.818. The van der Waals surface area contributed by atoms with Crippen LogP contribution in [0.5, 0.6) is 0 Å². The van der Waals surface area contributed by atoms with E-state index in [9.17, 15) is 0 Å². The standard InChI is InChI=1S/C11H19N/c1-5-11(3,4)12-10-8-6-7-9(10)2/h1,9-10,12H,6-8H2,2-4H3. The lowest BCUT2D eigenvalue weighted by Crippen LogP contribution is -2.45. The van der Waals surface area contributed by atoms with Gasteiger partial charge in [-0.05, 0) is 32.6 Å². The van der Waals surface area contributed by atoms with Gasteiger partial charge >= 0.3 is 0 Å². The Morgan fingerprint density at radius 1 is 1.42 bits per heavy atom. The third-order valence-electron chi connectivity index (χ3n) is 2.77. The van der Waals surface area contributed by atoms with Crippen molar-refractivity contribution in [1.29, 1.82) is 0 Å². The van der Waals surface area contributed by atoms with Crippen LogP contribution in [-0.2, 0) is 0 Å². The summed E-state index contributed by atoms with van der Waals surface area (Å²) in [6.07, 6.45) is 9.39. The maximum Gasteiger partial charge on any atom is 0.0743 e. The van der Waals surface area contributed by atoms with E-state index >= 15 is 0 Å². The average molecular weight is 165 g/mol. The molecule has 1 N–H and O–H groups in total. The third kappa shape index (κ3) is 2.25. The molecule has 0 spiro atoms. The number of hydrogen-bond acceptors (Lipinski definition) is 1. The van der Waals surface area contributed by atoms with Crippen LogP contribution in [0.15, 0.2) is 0 Å². The van der Waals surface area contributed by atoms with Crippen LogP contribution < -0.4 is 5.32 Å². The van der Waals surface area contributed by atoms with Gasteiger partial charge in [0.2, 0.25) is 0 Å². The van der Waals surface area contributed by atoms with Crippen LogP contribution in [0.25, 0.3) is 0 Å². The molecule has 1 aliphatic rings. The summed E-state index contributed by atoms with van der Waals surface area (Å²) in [6, 6.07) is 0.635. The van der Waals surface area contributed by atoms with Gasteiger partial charge in [0.1, 0.15) is 0 Å². The van der Waals surface area contributed by atoms with Crippen molar-refractivity contribution in [2.75, 3.05) is 0 Å². The van der Waals surface area contributed by atoms with E-state index in [2.05, 4.69) is 32.0 Å². The highest BCUT2D eigenvalue weighted by atomic mass is 15.0. The molecule has 1 fully saturated rings. The molecule has 12 heavy (non-hydrogen) atoms. The molecule has 0 saturated heterocycles. The van der Waals surface area contributed by atoms with E-state index in [-0.39, 0.29) is 5.54 Å². The summed E-state index contributed by atoms with van der Waals surface area (Å²) in [5.74, 6) is 3.57. The van der Waals surface area contributed by atoms with Crippen molar-refractivity contribution >= 4 is 0 Å². The van der Waals surface area contributed by atoms with E-state index in [1.807, 2.05) is 0 Å². The molecule has 1 saturated carbocycles. The minimum absolute atomic E-state index is 0.136. The molecule has 0 aromatic carbocycles. The van der Waals surface area contributed by atoms with Crippen molar-refractivity contribution in [2.45, 2.75) is 51.6 Å². The first kappa shape index (κ1) is 9.61. The Bertz CT molecular complexity index is 188. The predicted octanol–water partition coefficient (Wildman–Crippen LogP) is 2.18. The number of terminal acetylenes is 1. The number of rotatable bonds is 2. The van der Waals surface area contributed by atoms with E-state index in [4.69, 9.17) is 6.42 Å². The van der Waals surface area contributed by atoms with Crippen molar-refractivity contribution in [3.8, 4) is 12.3 Å². The van der Waals surface area contributed by atoms with Crippen molar-refractivity contribution < 1.29 is 0 Å². The number of nitrogens with one attached hydrogen (secondary N) is 1. The second-order valence-corrected chi connectivity index (χ2v) is 4.43. The highest BCUT2D eigenvalue weighted by Crippen LogP contribution is 2.26. The Hall–Kier alpha value is -0.480. The van der Waals surface area contributed by atoms with Crippen LogP contribution in [0.4, 0.5) is 0 Å². The molecule has 2 atom stereocenters. The molecule has 68 valence electrons. The van der Waals surface area contributed by atoms with E-state index in [0.29, 0.717) is 6.04 Å². The van der Waals surface area contributed by atoms with E-state index in [1.54, 1.807) is 0 Å². The van der Waals surface area contributed by atoms with Crippen LogP contribution in [0.1, 0.15) is 40.0 Å². The molecule has 1 nitrogen and oxygen atoms in total. The van der Waals surface area contributed by atoms with Crippen molar-refractivity contribution in [3.05, 3.63) is 0 Å². The highest BCUT2D eigenvalue weighted by Gasteiger charge is 2.27. The molecule has 0 amide bonds. The van der Waals surface area contributed by atoms with Crippen molar-refractivity contribution in [2.24, 2.45) is 5.92 Å². The normalized spacial score (nSPS) is 30.2. The summed E-state index contributed by atoms with van der Waals surface area (Å²) in [4.78, 5) is 0. The first-order valence-corrected chi connectivity index (χ1v) is 4.80. The summed E-state index contributed by atoms with van der Waals surface area (Å²) < 4.78 is 0. The van der Waals surface area contributed by atoms with Gasteiger partial charge in [0.25, 0.3) is 0 Å². The molecule has 1 heteroatoms. The minimum atomic E-state index is -0.136. The lowest BCUT2D eigenvalue weighted by molar-refractivity contribution is 0.353. The maximum atomic E-state index is 5.42. The van der Waals surface area contributed by atoms with Gasteiger partial charge in [0, 0.05) is 6.04 Å². The fourth-order valence-electron chi connectivity index (χ4n) is 1.87. The molecule has 1 rings (SSSR count). The molecule has 0 aromatic rings. The Morgan fingerprint density at radius 3 is 2.50 bits per heavy atom. The molecule has 0 radical (unpaired) electrons. The molecular formula is C11H19N. The second-order valence-electron chi connectivity index (χ2n) is 4.43. The number of hydrogen-bond donors (Lipinski definition) is 1. The highest BCUT2D eigenvalue weighted by molar-refractivity contribution is 5.09. The van der Waals surface area contributed by atoms with E-state index in [0.717, 1.165) is 5.92 Å². The second kappa shape index (κ2) is 3.49. The van der Waals surface area contributed by atoms with Crippen LogP contribution >= 0.6 is 0 Å². The maximum absolute atomic E-state index is 5.42. The van der Waals surface area contributed by atoms with Gasteiger partial charge in [-0.15, -0.1) is 6.42 Å². The Kier molecular flexibility index (Phi) is 2.80. The van der Waals surface area contributed by atoms with E-state index < -0.39 is 0 Å². The van der Waals surface area contributed by atoms with Crippen molar-refractivity contribution in [3.63, 3.8) is 0 Å². The predicted molar refractivity (Wildman–Crippen MR) is 52.9 cm³/mol. The van der Waals surface area contributed by atoms with Gasteiger partial charge < -0.3 is 0 Å². The van der Waals surface area contributed by atoms with Gasteiger partial charge in [0.05, 0.1) is 5.54 Å². The summed E-state index contributed by atoms with van der Waals surface area (Å²) >= 11 is 0. The minimum Gasteiger partial charge on any atom is -0.299 e. The lowest BCUT2D eigenvalue weighted by atomic mass is 10.0. The van der Waals surface area contributed by atoms with Gasteiger partial charge in [0.15, 0.2) is 0 Å². The van der Waals surface area contributed by atoms with Crippen LogP contribution in [0.3, 0.4) is 0 Å². The molecule has 0 bridgehead atoms. The zero-order valence-corrected chi connectivity index (χ0v) is 8.35. The molecule has 0 aromatic heterocycles. The Balaban J connectivity index is 2.46. The van der Waals surface area contributed by atoms with E-state index in [1.165, 1.54) is 19.3 Å². The molecular weight excluding hydrogens is 146 g/mol. The summed E-state index contributed by atoms with van der Waals surface area (Å²) in [6.45, 7) is 6.44. The largest absolute Gasteiger partial charge is 0.299 e. The third-order valence-corrected chi connectivity index (χ3v) is 2.77. The van der Waals surface area contributed by atoms with Crippen LogP contribution in [0, 0.1) is 18.3 Å².